The molecule has 1 aliphatic heterocycles. The molecule has 1 atom stereocenters. The fourth-order valence-electron chi connectivity index (χ4n) is 3.23. The van der Waals surface area contributed by atoms with Gasteiger partial charge in [0.05, 0.1) is 10.6 Å². The van der Waals surface area contributed by atoms with E-state index in [1.54, 1.807) is 24.3 Å². The van der Waals surface area contributed by atoms with E-state index in [4.69, 9.17) is 0 Å². The summed E-state index contributed by atoms with van der Waals surface area (Å²) >= 11 is 0. The van der Waals surface area contributed by atoms with Crippen molar-refractivity contribution in [2.45, 2.75) is 23.8 Å². The molecule has 150 valence electrons. The maximum absolute atomic E-state index is 13.1. The second kappa shape index (κ2) is 7.68. The molecular formula is C18H17FN6O3S. The molecule has 0 spiro atoms. The third kappa shape index (κ3) is 3.87. The van der Waals surface area contributed by atoms with Crippen molar-refractivity contribution in [1.29, 1.82) is 0 Å². The molecule has 0 saturated carbocycles. The smallest absolute Gasteiger partial charge is 0.243 e. The van der Waals surface area contributed by atoms with E-state index in [1.807, 2.05) is 0 Å². The molecule has 1 aliphatic rings. The molecule has 1 saturated heterocycles. The van der Waals surface area contributed by atoms with Crippen LogP contribution in [0.3, 0.4) is 0 Å². The molecule has 1 N–H and O–H groups in total. The van der Waals surface area contributed by atoms with Gasteiger partial charge in [0.1, 0.15) is 18.2 Å². The molecule has 9 nitrogen and oxygen atoms in total. The number of nitrogens with zero attached hydrogens (tertiary/aromatic N) is 5. The topological polar surface area (TPSA) is 110 Å². The number of benzene rings is 2. The van der Waals surface area contributed by atoms with Crippen molar-refractivity contribution in [1.82, 2.24) is 24.5 Å². The van der Waals surface area contributed by atoms with Gasteiger partial charge in [-0.2, -0.15) is 4.31 Å². The summed E-state index contributed by atoms with van der Waals surface area (Å²) in [4.78, 5) is 12.7. The lowest BCUT2D eigenvalue weighted by Gasteiger charge is -2.23. The van der Waals surface area contributed by atoms with E-state index in [-0.39, 0.29) is 11.4 Å². The van der Waals surface area contributed by atoms with Crippen LogP contribution in [0.1, 0.15) is 12.8 Å². The van der Waals surface area contributed by atoms with E-state index in [0.717, 1.165) is 17.8 Å². The number of carbonyl (C=O) groups excluding carboxylic acids is 1. The summed E-state index contributed by atoms with van der Waals surface area (Å²) in [5.41, 5.74) is 1.24. The quantitative estimate of drug-likeness (QED) is 0.676. The summed E-state index contributed by atoms with van der Waals surface area (Å²) in [6.45, 7) is 0.232. The Balaban J connectivity index is 1.50. The summed E-state index contributed by atoms with van der Waals surface area (Å²) in [6.07, 6.45) is 2.43. The van der Waals surface area contributed by atoms with Crippen LogP contribution in [0.2, 0.25) is 0 Å². The van der Waals surface area contributed by atoms with Gasteiger partial charge in [-0.3, -0.25) is 4.79 Å². The molecule has 29 heavy (non-hydrogen) atoms. The normalized spacial score (nSPS) is 17.3. The number of anilines is 1. The van der Waals surface area contributed by atoms with E-state index in [1.165, 1.54) is 27.4 Å². The van der Waals surface area contributed by atoms with Gasteiger partial charge in [-0.15, -0.1) is 5.10 Å². The van der Waals surface area contributed by atoms with Crippen molar-refractivity contribution >= 4 is 21.6 Å². The second-order valence-corrected chi connectivity index (χ2v) is 8.41. The minimum absolute atomic E-state index is 0.0376. The lowest BCUT2D eigenvalue weighted by Crippen LogP contribution is -2.43. The van der Waals surface area contributed by atoms with Crippen molar-refractivity contribution in [3.63, 3.8) is 0 Å². The highest BCUT2D eigenvalue weighted by Crippen LogP contribution is 2.27. The molecule has 1 amide bonds. The average Bonchev–Trinajstić information content (AvgIpc) is 3.41. The lowest BCUT2D eigenvalue weighted by atomic mass is 10.2. The van der Waals surface area contributed by atoms with Gasteiger partial charge in [0, 0.05) is 12.2 Å². The molecule has 1 fully saturated rings. The van der Waals surface area contributed by atoms with E-state index < -0.39 is 27.8 Å². The number of amides is 1. The number of aromatic nitrogens is 4. The van der Waals surface area contributed by atoms with Gasteiger partial charge in [-0.1, -0.05) is 0 Å². The van der Waals surface area contributed by atoms with Crippen LogP contribution in [0.4, 0.5) is 10.1 Å². The molecular weight excluding hydrogens is 399 g/mol. The van der Waals surface area contributed by atoms with Crippen LogP contribution < -0.4 is 5.32 Å². The number of hydrogen-bond donors (Lipinski definition) is 1. The van der Waals surface area contributed by atoms with E-state index in [9.17, 15) is 17.6 Å². The molecule has 11 heteroatoms. The van der Waals surface area contributed by atoms with Crippen LogP contribution in [0.25, 0.3) is 5.69 Å². The zero-order chi connectivity index (χ0) is 20.4. The van der Waals surface area contributed by atoms with Gasteiger partial charge in [0.15, 0.2) is 0 Å². The van der Waals surface area contributed by atoms with Gasteiger partial charge in [0.2, 0.25) is 15.9 Å². The minimum atomic E-state index is -3.90. The highest BCUT2D eigenvalue weighted by Gasteiger charge is 2.39. The van der Waals surface area contributed by atoms with Gasteiger partial charge in [-0.25, -0.2) is 17.5 Å². The van der Waals surface area contributed by atoms with Crippen molar-refractivity contribution < 1.29 is 17.6 Å². The Labute approximate surface area is 166 Å². The van der Waals surface area contributed by atoms with Crippen molar-refractivity contribution in [2.75, 3.05) is 11.9 Å². The summed E-state index contributed by atoms with van der Waals surface area (Å²) in [6, 6.07) is 10.6. The maximum atomic E-state index is 13.1. The first-order chi connectivity index (χ1) is 13.9. The Hall–Kier alpha value is -3.18. The predicted molar refractivity (Wildman–Crippen MR) is 101 cm³/mol. The van der Waals surface area contributed by atoms with Gasteiger partial charge >= 0.3 is 0 Å². The Morgan fingerprint density at radius 1 is 1.10 bits per heavy atom. The SMILES string of the molecule is O=C(Nc1ccc(-n2cnnn2)cc1)[C@@H]1CCCN1S(=O)(=O)c1ccc(F)cc1. The molecule has 1 aromatic heterocycles. The van der Waals surface area contributed by atoms with Crippen LogP contribution in [-0.4, -0.2) is 51.4 Å². The molecule has 2 aromatic carbocycles. The Morgan fingerprint density at radius 2 is 1.83 bits per heavy atom. The summed E-state index contributed by atoms with van der Waals surface area (Å²) < 4.78 is 41.6. The zero-order valence-electron chi connectivity index (χ0n) is 15.1. The van der Waals surface area contributed by atoms with E-state index >= 15 is 0 Å². The van der Waals surface area contributed by atoms with Crippen LogP contribution in [0, 0.1) is 5.82 Å². The zero-order valence-corrected chi connectivity index (χ0v) is 16.0. The van der Waals surface area contributed by atoms with E-state index in [0.29, 0.717) is 18.5 Å². The standard InChI is InChI=1S/C18H17FN6O3S/c19-13-3-9-16(10-4-13)29(27,28)25-11-1-2-17(25)18(26)21-14-5-7-15(8-6-14)24-12-20-22-23-24/h3-10,12,17H,1-2,11H2,(H,21,26)/t17-/m0/s1. The van der Waals surface area contributed by atoms with Crippen molar-refractivity contribution in [3.05, 3.63) is 60.7 Å². The third-order valence-electron chi connectivity index (χ3n) is 4.67. The molecule has 0 aliphatic carbocycles. The Kier molecular flexibility index (Phi) is 5.07. The molecule has 0 unspecified atom stereocenters. The van der Waals surface area contributed by atoms with Crippen molar-refractivity contribution in [3.8, 4) is 5.69 Å². The summed E-state index contributed by atoms with van der Waals surface area (Å²) in [7, 11) is -3.90. The summed E-state index contributed by atoms with van der Waals surface area (Å²) in [5, 5.41) is 13.7. The molecule has 0 bridgehead atoms. The molecule has 2 heterocycles. The average molecular weight is 416 g/mol. The minimum Gasteiger partial charge on any atom is -0.325 e. The van der Waals surface area contributed by atoms with Gasteiger partial charge < -0.3 is 5.32 Å². The highest BCUT2D eigenvalue weighted by atomic mass is 32.2. The number of nitrogens with one attached hydrogen (secondary N) is 1. The number of halogens is 1. The molecule has 3 aromatic rings. The number of sulfonamides is 1. The number of rotatable bonds is 5. The second-order valence-electron chi connectivity index (χ2n) is 6.52. The van der Waals surface area contributed by atoms with Gasteiger partial charge in [-0.05, 0) is 71.8 Å². The largest absolute Gasteiger partial charge is 0.325 e. The van der Waals surface area contributed by atoms with Crippen LogP contribution in [0.5, 0.6) is 0 Å². The van der Waals surface area contributed by atoms with Crippen LogP contribution in [-0.2, 0) is 14.8 Å². The highest BCUT2D eigenvalue weighted by molar-refractivity contribution is 7.89. The first kappa shape index (κ1) is 19.2. The fraction of sp³-hybridized carbons (Fsp3) is 0.222. The lowest BCUT2D eigenvalue weighted by molar-refractivity contribution is -0.119. The van der Waals surface area contributed by atoms with E-state index in [2.05, 4.69) is 20.8 Å². The Bertz CT molecular complexity index is 1100. The molecule has 0 radical (unpaired) electrons. The fourth-order valence-corrected chi connectivity index (χ4v) is 4.89. The van der Waals surface area contributed by atoms with Crippen LogP contribution in [0.15, 0.2) is 59.8 Å². The Morgan fingerprint density at radius 3 is 2.48 bits per heavy atom. The third-order valence-corrected chi connectivity index (χ3v) is 6.60. The number of tetrazole rings is 1. The number of carbonyl (C=O) groups is 1. The molecule has 4 rings (SSSR count). The van der Waals surface area contributed by atoms with Crippen LogP contribution >= 0.6 is 0 Å². The maximum Gasteiger partial charge on any atom is 0.243 e. The van der Waals surface area contributed by atoms with Crippen molar-refractivity contribution in [2.24, 2.45) is 0 Å². The first-order valence-electron chi connectivity index (χ1n) is 8.87. The number of hydrogen-bond acceptors (Lipinski definition) is 6. The monoisotopic (exact) mass is 416 g/mol. The summed E-state index contributed by atoms with van der Waals surface area (Å²) in [5.74, 6) is -0.937. The van der Waals surface area contributed by atoms with Gasteiger partial charge in [0.25, 0.3) is 0 Å². The first-order valence-corrected chi connectivity index (χ1v) is 10.3. The predicted octanol–water partition coefficient (Wildman–Crippen LogP) is 1.59.